The number of sulfonamides is 1. The first kappa shape index (κ1) is 28.7. The van der Waals surface area contributed by atoms with E-state index in [1.54, 1.807) is 61.5 Å². The van der Waals surface area contributed by atoms with Crippen LogP contribution >= 0.6 is 11.6 Å². The number of pyridine rings is 1. The zero-order valence-electron chi connectivity index (χ0n) is 22.5. The van der Waals surface area contributed by atoms with E-state index in [9.17, 15) is 18.0 Å². The van der Waals surface area contributed by atoms with Crippen molar-refractivity contribution in [1.82, 2.24) is 9.29 Å². The molecule has 41 heavy (non-hydrogen) atoms. The Morgan fingerprint density at radius 3 is 2.49 bits per heavy atom. The quantitative estimate of drug-likeness (QED) is 0.298. The van der Waals surface area contributed by atoms with Crippen LogP contribution in [0.4, 0.5) is 5.69 Å². The van der Waals surface area contributed by atoms with Crippen molar-refractivity contribution in [3.63, 3.8) is 0 Å². The second-order valence-electron chi connectivity index (χ2n) is 9.59. The van der Waals surface area contributed by atoms with Gasteiger partial charge in [-0.25, -0.2) is 18.2 Å². The van der Waals surface area contributed by atoms with E-state index >= 15 is 0 Å². The lowest BCUT2D eigenvalue weighted by Gasteiger charge is -2.27. The van der Waals surface area contributed by atoms with E-state index in [1.165, 1.54) is 17.3 Å². The maximum Gasteiger partial charge on any atom is 0.339 e. The highest BCUT2D eigenvalue weighted by molar-refractivity contribution is 7.89. The van der Waals surface area contributed by atoms with Crippen LogP contribution in [-0.4, -0.2) is 62.0 Å². The summed E-state index contributed by atoms with van der Waals surface area (Å²) in [7, 11) is -3.78. The SMILES string of the molecule is Cc1ccc(NC(=O)C(C)OC(=O)c2cc(-c3ccccc3Cl)nc3ccccc23)cc1S(=O)(=O)N1CCOCC1. The Labute approximate surface area is 243 Å². The zero-order chi connectivity index (χ0) is 29.1. The number of nitrogens with one attached hydrogen (secondary N) is 1. The van der Waals surface area contributed by atoms with Crippen LogP contribution in [0.1, 0.15) is 22.8 Å². The molecule has 1 saturated heterocycles. The lowest BCUT2D eigenvalue weighted by atomic mass is 10.0. The van der Waals surface area contributed by atoms with Gasteiger partial charge in [-0.1, -0.05) is 54.1 Å². The standard InChI is InChI=1S/C30H28ClN3O6S/c1-19-11-12-21(17-28(19)41(37,38)34-13-15-39-16-14-34)32-29(35)20(2)40-30(36)24-18-27(23-8-3-5-9-25(23)31)33-26-10-6-4-7-22(24)26/h3-12,17-18,20H,13-16H2,1-2H3,(H,32,35). The molecule has 5 rings (SSSR count). The van der Waals surface area contributed by atoms with Gasteiger partial charge in [-0.05, 0) is 49.7 Å². The maximum atomic E-state index is 13.3. The third-order valence-electron chi connectivity index (χ3n) is 6.78. The van der Waals surface area contributed by atoms with Crippen LogP contribution in [0.25, 0.3) is 22.2 Å². The average molecular weight is 594 g/mol. The lowest BCUT2D eigenvalue weighted by Crippen LogP contribution is -2.40. The number of esters is 1. The highest BCUT2D eigenvalue weighted by Crippen LogP contribution is 2.30. The summed E-state index contributed by atoms with van der Waals surface area (Å²) < 4.78 is 38.6. The molecule has 1 amide bonds. The van der Waals surface area contributed by atoms with Gasteiger partial charge in [-0.3, -0.25) is 4.79 Å². The number of aryl methyl sites for hydroxylation is 1. The Bertz CT molecular complexity index is 1740. The van der Waals surface area contributed by atoms with Gasteiger partial charge >= 0.3 is 5.97 Å². The smallest absolute Gasteiger partial charge is 0.339 e. The van der Waals surface area contributed by atoms with Gasteiger partial charge in [-0.15, -0.1) is 0 Å². The van der Waals surface area contributed by atoms with E-state index < -0.39 is 28.0 Å². The molecule has 1 fully saturated rings. The second kappa shape index (κ2) is 12.0. The highest BCUT2D eigenvalue weighted by Gasteiger charge is 2.29. The lowest BCUT2D eigenvalue weighted by molar-refractivity contribution is -0.123. The highest BCUT2D eigenvalue weighted by atomic mass is 35.5. The summed E-state index contributed by atoms with van der Waals surface area (Å²) in [4.78, 5) is 31.1. The molecule has 1 aliphatic heterocycles. The number of carbonyl (C=O) groups excluding carboxylic acids is 2. The second-order valence-corrected chi connectivity index (χ2v) is 11.9. The zero-order valence-corrected chi connectivity index (χ0v) is 24.0. The Hall–Kier alpha value is -3.83. The summed E-state index contributed by atoms with van der Waals surface area (Å²) in [5.74, 6) is -1.32. The largest absolute Gasteiger partial charge is 0.449 e. The number of carbonyl (C=O) groups is 2. The van der Waals surface area contributed by atoms with Crippen LogP contribution in [0.15, 0.2) is 77.7 Å². The van der Waals surface area contributed by atoms with Crippen molar-refractivity contribution in [1.29, 1.82) is 0 Å². The van der Waals surface area contributed by atoms with E-state index in [-0.39, 0.29) is 29.2 Å². The van der Waals surface area contributed by atoms with Crippen molar-refractivity contribution in [3.05, 3.63) is 88.9 Å². The molecule has 3 aromatic carbocycles. The van der Waals surface area contributed by atoms with Crippen LogP contribution in [-0.2, 0) is 24.3 Å². The molecule has 1 aromatic heterocycles. The number of rotatable bonds is 7. The van der Waals surface area contributed by atoms with Crippen molar-refractivity contribution in [3.8, 4) is 11.3 Å². The fraction of sp³-hybridized carbons (Fsp3) is 0.233. The Morgan fingerprint density at radius 1 is 1.02 bits per heavy atom. The number of anilines is 1. The van der Waals surface area contributed by atoms with E-state index in [0.717, 1.165) is 0 Å². The van der Waals surface area contributed by atoms with Crippen LogP contribution in [0.5, 0.6) is 0 Å². The predicted octanol–water partition coefficient (Wildman–Crippen LogP) is 5.07. The molecule has 0 aliphatic carbocycles. The molecule has 0 saturated carbocycles. The van der Waals surface area contributed by atoms with Crippen LogP contribution in [0.2, 0.25) is 5.02 Å². The third-order valence-corrected chi connectivity index (χ3v) is 9.15. The summed E-state index contributed by atoms with van der Waals surface area (Å²) in [6, 6.07) is 20.5. The number of morpholine rings is 1. The van der Waals surface area contributed by atoms with Gasteiger partial charge in [0.1, 0.15) is 0 Å². The number of fused-ring (bicyclic) bond motifs is 1. The van der Waals surface area contributed by atoms with Gasteiger partial charge in [-0.2, -0.15) is 4.31 Å². The molecule has 9 nitrogen and oxygen atoms in total. The first-order chi connectivity index (χ1) is 19.6. The first-order valence-electron chi connectivity index (χ1n) is 13.0. The van der Waals surface area contributed by atoms with Gasteiger partial charge in [0.15, 0.2) is 6.10 Å². The first-order valence-corrected chi connectivity index (χ1v) is 14.8. The molecule has 1 unspecified atom stereocenters. The molecular formula is C30H28ClN3O6S. The number of nitrogens with zero attached hydrogens (tertiary/aromatic N) is 2. The Kier molecular flexibility index (Phi) is 8.37. The van der Waals surface area contributed by atoms with Gasteiger partial charge in [0.05, 0.1) is 34.9 Å². The number of aromatic nitrogens is 1. The number of amides is 1. The number of benzene rings is 3. The minimum absolute atomic E-state index is 0.0946. The number of halogens is 1. The topological polar surface area (TPSA) is 115 Å². The van der Waals surface area contributed by atoms with Gasteiger partial charge in [0.2, 0.25) is 10.0 Å². The number of para-hydroxylation sites is 1. The number of hydrogen-bond acceptors (Lipinski definition) is 7. The molecule has 11 heteroatoms. The van der Waals surface area contributed by atoms with E-state index in [2.05, 4.69) is 10.3 Å². The molecule has 1 atom stereocenters. The third kappa shape index (κ3) is 6.11. The Balaban J connectivity index is 1.36. The molecule has 2 heterocycles. The maximum absolute atomic E-state index is 13.3. The molecule has 0 bridgehead atoms. The van der Waals surface area contributed by atoms with E-state index in [4.69, 9.17) is 21.1 Å². The number of ether oxygens (including phenoxy) is 2. The van der Waals surface area contributed by atoms with Crippen molar-refractivity contribution in [2.24, 2.45) is 0 Å². The normalized spacial score (nSPS) is 14.9. The minimum atomic E-state index is -3.78. The molecule has 4 aromatic rings. The summed E-state index contributed by atoms with van der Waals surface area (Å²) in [5.41, 5.74) is 2.77. The fourth-order valence-electron chi connectivity index (χ4n) is 4.55. The van der Waals surface area contributed by atoms with Crippen LogP contribution in [0.3, 0.4) is 0 Å². The summed E-state index contributed by atoms with van der Waals surface area (Å²) in [6.45, 7) is 4.30. The summed E-state index contributed by atoms with van der Waals surface area (Å²) in [5, 5.41) is 3.72. The van der Waals surface area contributed by atoms with Crippen molar-refractivity contribution >= 4 is 50.1 Å². The molecular weight excluding hydrogens is 566 g/mol. The number of hydrogen-bond donors (Lipinski definition) is 1. The molecule has 1 N–H and O–H groups in total. The van der Waals surface area contributed by atoms with Crippen molar-refractivity contribution in [2.75, 3.05) is 31.6 Å². The summed E-state index contributed by atoms with van der Waals surface area (Å²) in [6.07, 6.45) is -1.18. The van der Waals surface area contributed by atoms with Gasteiger partial charge in [0, 0.05) is 34.7 Å². The summed E-state index contributed by atoms with van der Waals surface area (Å²) >= 11 is 6.38. The molecule has 0 radical (unpaired) electrons. The van der Waals surface area contributed by atoms with Crippen LogP contribution < -0.4 is 5.32 Å². The van der Waals surface area contributed by atoms with Crippen molar-refractivity contribution < 1.29 is 27.5 Å². The van der Waals surface area contributed by atoms with E-state index in [1.807, 2.05) is 12.1 Å². The molecule has 0 spiro atoms. The van der Waals surface area contributed by atoms with Crippen molar-refractivity contribution in [2.45, 2.75) is 24.8 Å². The predicted molar refractivity (Wildman–Crippen MR) is 156 cm³/mol. The minimum Gasteiger partial charge on any atom is -0.449 e. The Morgan fingerprint density at radius 2 is 1.73 bits per heavy atom. The average Bonchev–Trinajstić information content (AvgIpc) is 2.98. The van der Waals surface area contributed by atoms with E-state index in [0.29, 0.717) is 46.0 Å². The van der Waals surface area contributed by atoms with Gasteiger partial charge < -0.3 is 14.8 Å². The fourth-order valence-corrected chi connectivity index (χ4v) is 6.45. The van der Waals surface area contributed by atoms with Crippen LogP contribution in [0, 0.1) is 6.92 Å². The molecule has 1 aliphatic rings. The monoisotopic (exact) mass is 593 g/mol. The van der Waals surface area contributed by atoms with Gasteiger partial charge in [0.25, 0.3) is 5.91 Å². The molecule has 212 valence electrons.